The minimum atomic E-state index is -0.556. The number of fused-ring (bicyclic) bond motifs is 1. The van der Waals surface area contributed by atoms with Gasteiger partial charge in [0.2, 0.25) is 11.8 Å². The number of benzene rings is 2. The van der Waals surface area contributed by atoms with Gasteiger partial charge in [-0.05, 0) is 86.0 Å². The van der Waals surface area contributed by atoms with Crippen LogP contribution in [0.15, 0.2) is 48.5 Å². The molecule has 2 aliphatic heterocycles. The summed E-state index contributed by atoms with van der Waals surface area (Å²) in [7, 11) is 0. The first-order chi connectivity index (χ1) is 18.5. The van der Waals surface area contributed by atoms with Gasteiger partial charge < -0.3 is 10.2 Å². The average molecular weight is 514 g/mol. The number of imide groups is 1. The molecule has 2 aliphatic carbocycles. The molecule has 38 heavy (non-hydrogen) atoms. The topological polar surface area (TPSA) is 78.5 Å². The lowest BCUT2D eigenvalue weighted by Gasteiger charge is -2.38. The molecule has 3 atom stereocenters. The summed E-state index contributed by atoms with van der Waals surface area (Å²) in [4.78, 5) is 38.6. The molecule has 3 fully saturated rings. The van der Waals surface area contributed by atoms with Crippen LogP contribution in [-0.2, 0) is 22.6 Å². The third-order valence-electron chi connectivity index (χ3n) is 9.44. The molecule has 0 aromatic heterocycles. The molecule has 2 heterocycles. The normalized spacial score (nSPS) is 29.7. The van der Waals surface area contributed by atoms with Crippen molar-refractivity contribution >= 4 is 17.7 Å². The smallest absolute Gasteiger partial charge is 0.255 e. The van der Waals surface area contributed by atoms with Gasteiger partial charge >= 0.3 is 0 Å². The SMILES string of the molecule is O=C1CCC(N2Cc3cc(C[C@H]4CCCC[C@@H]4N[C@H]4CC[C@@H](c5ccccc5)CC4)ccc3C2=O)C(=O)N1. The highest BCUT2D eigenvalue weighted by Gasteiger charge is 2.39. The monoisotopic (exact) mass is 513 g/mol. The van der Waals surface area contributed by atoms with Crippen LogP contribution in [0, 0.1) is 5.92 Å². The Kier molecular flexibility index (Phi) is 7.33. The minimum absolute atomic E-state index is 0.0932. The van der Waals surface area contributed by atoms with E-state index in [9.17, 15) is 14.4 Å². The van der Waals surface area contributed by atoms with Gasteiger partial charge in [0.1, 0.15) is 6.04 Å². The first-order valence-corrected chi connectivity index (χ1v) is 14.6. The Morgan fingerprint density at radius 1 is 0.868 bits per heavy atom. The van der Waals surface area contributed by atoms with E-state index in [0.717, 1.165) is 12.0 Å². The van der Waals surface area contributed by atoms with E-state index >= 15 is 0 Å². The predicted octanol–water partition coefficient (Wildman–Crippen LogP) is 4.86. The van der Waals surface area contributed by atoms with Gasteiger partial charge in [0, 0.05) is 30.6 Å². The molecule has 2 N–H and O–H groups in total. The molecule has 3 amide bonds. The van der Waals surface area contributed by atoms with Crippen LogP contribution in [0.3, 0.4) is 0 Å². The van der Waals surface area contributed by atoms with Crippen LogP contribution in [0.5, 0.6) is 0 Å². The Labute approximate surface area is 225 Å². The summed E-state index contributed by atoms with van der Waals surface area (Å²) in [6, 6.07) is 17.9. The lowest BCUT2D eigenvalue weighted by atomic mass is 9.78. The first-order valence-electron chi connectivity index (χ1n) is 14.6. The van der Waals surface area contributed by atoms with Crippen molar-refractivity contribution in [1.29, 1.82) is 0 Å². The molecule has 0 spiro atoms. The molecule has 0 bridgehead atoms. The number of amides is 3. The van der Waals surface area contributed by atoms with Gasteiger partial charge in [0.05, 0.1) is 0 Å². The van der Waals surface area contributed by atoms with Crippen LogP contribution in [0.25, 0.3) is 0 Å². The molecule has 6 nitrogen and oxygen atoms in total. The van der Waals surface area contributed by atoms with E-state index in [-0.39, 0.29) is 24.1 Å². The summed E-state index contributed by atoms with van der Waals surface area (Å²) in [6.45, 7) is 0.450. The molecule has 200 valence electrons. The highest BCUT2D eigenvalue weighted by atomic mass is 16.2. The summed E-state index contributed by atoms with van der Waals surface area (Å²) >= 11 is 0. The molecule has 6 heteroatoms. The van der Waals surface area contributed by atoms with Gasteiger partial charge in [-0.25, -0.2) is 0 Å². The summed E-state index contributed by atoms with van der Waals surface area (Å²) in [6.07, 6.45) is 11.8. The minimum Gasteiger partial charge on any atom is -0.322 e. The Bertz CT molecular complexity index is 1190. The van der Waals surface area contributed by atoms with Crippen molar-refractivity contribution < 1.29 is 14.4 Å². The zero-order valence-electron chi connectivity index (χ0n) is 22.2. The third kappa shape index (κ3) is 5.28. The van der Waals surface area contributed by atoms with Crippen LogP contribution in [-0.4, -0.2) is 40.7 Å². The van der Waals surface area contributed by atoms with E-state index in [2.05, 4.69) is 53.1 Å². The molecular weight excluding hydrogens is 474 g/mol. The van der Waals surface area contributed by atoms with Gasteiger partial charge in [-0.3, -0.25) is 19.7 Å². The zero-order valence-corrected chi connectivity index (χ0v) is 22.2. The zero-order chi connectivity index (χ0) is 26.1. The standard InChI is InChI=1S/C32H39N3O3/c36-30-17-16-29(31(37)34-30)35-20-25-19-21(10-15-27(25)32(35)38)18-24-8-4-5-9-28(24)33-26-13-11-23(12-14-26)22-6-2-1-3-7-22/h1-3,6-7,10,15,19,23-24,26,28-29,33H,4-5,8-9,11-14,16-18,20H2,(H,34,36,37)/t23-,24-,26+,28+,29?/m1/s1. The fraction of sp³-hybridized carbons (Fsp3) is 0.531. The molecular formula is C32H39N3O3. The van der Waals surface area contributed by atoms with Crippen LogP contribution in [0.4, 0.5) is 0 Å². The van der Waals surface area contributed by atoms with Crippen molar-refractivity contribution in [2.24, 2.45) is 5.92 Å². The maximum atomic E-state index is 13.1. The van der Waals surface area contributed by atoms with Crippen molar-refractivity contribution in [3.8, 4) is 0 Å². The highest BCUT2D eigenvalue weighted by molar-refractivity contribution is 6.05. The number of carbonyl (C=O) groups is 3. The lowest BCUT2D eigenvalue weighted by molar-refractivity contribution is -0.136. The van der Waals surface area contributed by atoms with Crippen LogP contribution >= 0.6 is 0 Å². The van der Waals surface area contributed by atoms with Crippen molar-refractivity contribution in [3.63, 3.8) is 0 Å². The number of piperidine rings is 1. The van der Waals surface area contributed by atoms with E-state index in [1.165, 1.54) is 62.5 Å². The van der Waals surface area contributed by atoms with Gasteiger partial charge in [0.25, 0.3) is 5.91 Å². The molecule has 4 aliphatic rings. The van der Waals surface area contributed by atoms with E-state index in [0.29, 0.717) is 42.4 Å². The summed E-state index contributed by atoms with van der Waals surface area (Å²) < 4.78 is 0. The van der Waals surface area contributed by atoms with Gasteiger partial charge in [-0.2, -0.15) is 0 Å². The number of nitrogens with zero attached hydrogens (tertiary/aromatic N) is 1. The van der Waals surface area contributed by atoms with Crippen molar-refractivity contribution in [1.82, 2.24) is 15.5 Å². The highest BCUT2D eigenvalue weighted by Crippen LogP contribution is 2.35. The fourth-order valence-corrected chi connectivity index (χ4v) is 7.35. The Balaban J connectivity index is 1.07. The number of carbonyl (C=O) groups excluding carboxylic acids is 3. The molecule has 1 unspecified atom stereocenters. The second kappa shape index (κ2) is 11.0. The molecule has 1 saturated heterocycles. The van der Waals surface area contributed by atoms with Crippen molar-refractivity contribution in [2.75, 3.05) is 0 Å². The van der Waals surface area contributed by atoms with Crippen LogP contribution < -0.4 is 10.6 Å². The van der Waals surface area contributed by atoms with Crippen LogP contribution in [0.2, 0.25) is 0 Å². The van der Waals surface area contributed by atoms with E-state index < -0.39 is 6.04 Å². The van der Waals surface area contributed by atoms with Crippen LogP contribution in [0.1, 0.15) is 97.2 Å². The maximum absolute atomic E-state index is 13.1. The Hall–Kier alpha value is -2.99. The average Bonchev–Trinajstić information content (AvgIpc) is 3.26. The van der Waals surface area contributed by atoms with Gasteiger partial charge in [-0.15, -0.1) is 0 Å². The Morgan fingerprint density at radius 2 is 1.66 bits per heavy atom. The second-order valence-electron chi connectivity index (χ2n) is 11.9. The molecule has 2 aromatic rings. The summed E-state index contributed by atoms with van der Waals surface area (Å²) in [5, 5.41) is 6.47. The quantitative estimate of drug-likeness (QED) is 0.541. The molecule has 6 rings (SSSR count). The van der Waals surface area contributed by atoms with Crippen molar-refractivity contribution in [3.05, 3.63) is 70.8 Å². The van der Waals surface area contributed by atoms with E-state index in [1.807, 2.05) is 6.07 Å². The fourth-order valence-electron chi connectivity index (χ4n) is 7.35. The van der Waals surface area contributed by atoms with E-state index in [4.69, 9.17) is 0 Å². The largest absolute Gasteiger partial charge is 0.322 e. The summed E-state index contributed by atoms with van der Waals surface area (Å²) in [5.41, 5.74) is 4.49. The first kappa shape index (κ1) is 25.3. The van der Waals surface area contributed by atoms with Crippen molar-refractivity contribution in [2.45, 2.75) is 101 Å². The predicted molar refractivity (Wildman–Crippen MR) is 147 cm³/mol. The third-order valence-corrected chi connectivity index (χ3v) is 9.44. The number of hydrogen-bond donors (Lipinski definition) is 2. The molecule has 2 aromatic carbocycles. The number of nitrogens with one attached hydrogen (secondary N) is 2. The second-order valence-corrected chi connectivity index (χ2v) is 11.9. The summed E-state index contributed by atoms with van der Waals surface area (Å²) in [5.74, 6) is 0.612. The number of rotatable bonds is 6. The lowest BCUT2D eigenvalue weighted by Crippen LogP contribution is -2.52. The number of hydrogen-bond acceptors (Lipinski definition) is 4. The molecule has 2 saturated carbocycles. The maximum Gasteiger partial charge on any atom is 0.255 e. The Morgan fingerprint density at radius 3 is 2.45 bits per heavy atom. The van der Waals surface area contributed by atoms with Gasteiger partial charge in [0.15, 0.2) is 0 Å². The van der Waals surface area contributed by atoms with E-state index in [1.54, 1.807) is 4.90 Å². The van der Waals surface area contributed by atoms with Gasteiger partial charge in [-0.1, -0.05) is 55.3 Å². The molecule has 0 radical (unpaired) electrons.